The van der Waals surface area contributed by atoms with Crippen molar-refractivity contribution < 1.29 is 13.9 Å². The zero-order chi connectivity index (χ0) is 13.3. The summed E-state index contributed by atoms with van der Waals surface area (Å²) >= 11 is 1.98. The fraction of sp³-hybridized carbons (Fsp3) is 0.462. The Bertz CT molecular complexity index is 466. The summed E-state index contributed by atoms with van der Waals surface area (Å²) in [5.41, 5.74) is 0.540. The van der Waals surface area contributed by atoms with Crippen molar-refractivity contribution in [3.63, 3.8) is 0 Å². The molecule has 1 aliphatic heterocycles. The first-order chi connectivity index (χ1) is 8.50. The van der Waals surface area contributed by atoms with Gasteiger partial charge in [0.15, 0.2) is 0 Å². The molecule has 1 amide bonds. The maximum Gasteiger partial charge on any atom is 0.255 e. The molecule has 1 fully saturated rings. The van der Waals surface area contributed by atoms with E-state index in [4.69, 9.17) is 4.74 Å². The predicted octanol–water partition coefficient (Wildman–Crippen LogP) is 2.68. The number of nitrogens with zero attached hydrogens (tertiary/aromatic N) is 1. The first-order valence-electron chi connectivity index (χ1n) is 5.84. The number of hydrogen-bond donors (Lipinski definition) is 0. The van der Waals surface area contributed by atoms with Crippen LogP contribution in [0.3, 0.4) is 0 Å². The van der Waals surface area contributed by atoms with Gasteiger partial charge >= 0.3 is 0 Å². The van der Waals surface area contributed by atoms with Crippen molar-refractivity contribution in [3.8, 4) is 0 Å². The van der Waals surface area contributed by atoms with Crippen LogP contribution in [0.15, 0.2) is 18.2 Å². The van der Waals surface area contributed by atoms with Crippen molar-refractivity contribution >= 4 is 28.5 Å². The number of carbonyl (C=O) groups is 1. The molecule has 1 aromatic carbocycles. The molecule has 0 spiro atoms. The number of rotatable bonds is 2. The number of hydrogen-bond acceptors (Lipinski definition) is 2. The average molecular weight is 363 g/mol. The van der Waals surface area contributed by atoms with Crippen molar-refractivity contribution in [1.29, 1.82) is 0 Å². The quantitative estimate of drug-likeness (QED) is 0.757. The summed E-state index contributed by atoms with van der Waals surface area (Å²) < 4.78 is 19.1. The highest BCUT2D eigenvalue weighted by molar-refractivity contribution is 14.1. The van der Waals surface area contributed by atoms with E-state index in [0.29, 0.717) is 15.7 Å². The molecule has 0 radical (unpaired) electrons. The maximum atomic E-state index is 13.0. The fourth-order valence-corrected chi connectivity index (χ4v) is 2.94. The molecule has 1 heterocycles. The van der Waals surface area contributed by atoms with Gasteiger partial charge < -0.3 is 9.64 Å². The molecule has 1 saturated heterocycles. The van der Waals surface area contributed by atoms with Gasteiger partial charge in [0.1, 0.15) is 5.82 Å². The third kappa shape index (κ3) is 2.66. The second kappa shape index (κ2) is 5.52. The van der Waals surface area contributed by atoms with Crippen LogP contribution in [0.4, 0.5) is 4.39 Å². The highest BCUT2D eigenvalue weighted by Gasteiger charge is 2.31. The molecule has 0 aromatic heterocycles. The summed E-state index contributed by atoms with van der Waals surface area (Å²) in [7, 11) is 1.78. The van der Waals surface area contributed by atoms with Gasteiger partial charge in [-0.2, -0.15) is 0 Å². The zero-order valence-electron chi connectivity index (χ0n) is 10.3. The highest BCUT2D eigenvalue weighted by Crippen LogP contribution is 2.22. The van der Waals surface area contributed by atoms with E-state index in [-0.39, 0.29) is 23.9 Å². The molecule has 0 saturated carbocycles. The van der Waals surface area contributed by atoms with Gasteiger partial charge in [0, 0.05) is 17.2 Å². The first-order valence-corrected chi connectivity index (χ1v) is 6.92. The molecule has 2 rings (SSSR count). The Hall–Kier alpha value is -0.690. The van der Waals surface area contributed by atoms with E-state index in [9.17, 15) is 9.18 Å². The lowest BCUT2D eigenvalue weighted by atomic mass is 10.1. The number of carbonyl (C=O) groups excluding carboxylic acids is 1. The van der Waals surface area contributed by atoms with Crippen LogP contribution in [0.2, 0.25) is 0 Å². The molecule has 2 unspecified atom stereocenters. The normalized spacial score (nSPS) is 23.1. The Balaban J connectivity index is 2.20. The van der Waals surface area contributed by atoms with Gasteiger partial charge in [0.25, 0.3) is 5.91 Å². The molecule has 2 atom stereocenters. The highest BCUT2D eigenvalue weighted by atomic mass is 127. The SMILES string of the molecule is CC1OCCC1N(C)C(=O)c1ccc(F)cc1I. The molecule has 0 aliphatic carbocycles. The van der Waals surface area contributed by atoms with Gasteiger partial charge in [-0.05, 0) is 54.1 Å². The lowest BCUT2D eigenvalue weighted by molar-refractivity contribution is 0.0573. The van der Waals surface area contributed by atoms with Gasteiger partial charge in [-0.3, -0.25) is 4.79 Å². The number of likely N-dealkylation sites (N-methyl/N-ethyl adjacent to an activating group) is 1. The number of ether oxygens (including phenoxy) is 1. The fourth-order valence-electron chi connectivity index (χ4n) is 2.23. The number of amides is 1. The van der Waals surface area contributed by atoms with Crippen molar-refractivity contribution in [2.24, 2.45) is 0 Å². The minimum absolute atomic E-state index is 0.0528. The standard InChI is InChI=1S/C13H15FINO2/c1-8-12(5-6-18-8)16(2)13(17)10-4-3-9(14)7-11(10)15/h3-4,7-8,12H,5-6H2,1-2H3. The van der Waals surface area contributed by atoms with Gasteiger partial charge in [0.2, 0.25) is 0 Å². The summed E-state index contributed by atoms with van der Waals surface area (Å²) in [6.07, 6.45) is 0.901. The molecule has 18 heavy (non-hydrogen) atoms. The molecular formula is C13H15FINO2. The third-order valence-corrected chi connectivity index (χ3v) is 4.21. The van der Waals surface area contributed by atoms with Gasteiger partial charge in [-0.1, -0.05) is 0 Å². The van der Waals surface area contributed by atoms with Crippen molar-refractivity contribution in [1.82, 2.24) is 4.90 Å². The van der Waals surface area contributed by atoms with Crippen LogP contribution < -0.4 is 0 Å². The lowest BCUT2D eigenvalue weighted by Gasteiger charge is -2.27. The molecule has 1 aliphatic rings. The van der Waals surface area contributed by atoms with Gasteiger partial charge in [-0.25, -0.2) is 4.39 Å². The van der Waals surface area contributed by atoms with E-state index >= 15 is 0 Å². The minimum atomic E-state index is -0.323. The summed E-state index contributed by atoms with van der Waals surface area (Å²) in [6.45, 7) is 2.65. The topological polar surface area (TPSA) is 29.5 Å². The van der Waals surface area contributed by atoms with E-state index in [1.807, 2.05) is 29.5 Å². The van der Waals surface area contributed by atoms with E-state index < -0.39 is 0 Å². The predicted molar refractivity (Wildman–Crippen MR) is 75.0 cm³/mol. The summed E-state index contributed by atoms with van der Waals surface area (Å²) in [5, 5.41) is 0. The van der Waals surface area contributed by atoms with Crippen molar-refractivity contribution in [2.75, 3.05) is 13.7 Å². The van der Waals surface area contributed by atoms with Crippen LogP contribution in [-0.2, 0) is 4.74 Å². The molecule has 1 aromatic rings. The zero-order valence-corrected chi connectivity index (χ0v) is 12.5. The molecule has 3 nitrogen and oxygen atoms in total. The monoisotopic (exact) mass is 363 g/mol. The first kappa shape index (κ1) is 13.7. The molecular weight excluding hydrogens is 348 g/mol. The van der Waals surface area contributed by atoms with Crippen LogP contribution in [0, 0.1) is 9.39 Å². The van der Waals surface area contributed by atoms with Crippen LogP contribution in [0.25, 0.3) is 0 Å². The van der Waals surface area contributed by atoms with Crippen LogP contribution in [0.5, 0.6) is 0 Å². The Morgan fingerprint density at radius 3 is 2.83 bits per heavy atom. The van der Waals surface area contributed by atoms with Gasteiger partial charge in [-0.15, -0.1) is 0 Å². The molecule has 98 valence electrons. The second-order valence-electron chi connectivity index (χ2n) is 4.47. The number of benzene rings is 1. The summed E-state index contributed by atoms with van der Waals surface area (Å²) in [5.74, 6) is -0.405. The summed E-state index contributed by atoms with van der Waals surface area (Å²) in [6, 6.07) is 4.32. The second-order valence-corrected chi connectivity index (χ2v) is 5.63. The van der Waals surface area contributed by atoms with E-state index in [1.165, 1.54) is 18.2 Å². The third-order valence-electron chi connectivity index (χ3n) is 3.32. The van der Waals surface area contributed by atoms with Crippen molar-refractivity contribution in [2.45, 2.75) is 25.5 Å². The smallest absolute Gasteiger partial charge is 0.255 e. The minimum Gasteiger partial charge on any atom is -0.376 e. The van der Waals surface area contributed by atoms with Gasteiger partial charge in [0.05, 0.1) is 17.7 Å². The van der Waals surface area contributed by atoms with Crippen molar-refractivity contribution in [3.05, 3.63) is 33.1 Å². The Morgan fingerprint density at radius 1 is 1.56 bits per heavy atom. The van der Waals surface area contributed by atoms with Crippen LogP contribution in [-0.4, -0.2) is 36.6 Å². The Labute approximate surface area is 119 Å². The average Bonchev–Trinajstić information content (AvgIpc) is 2.74. The Morgan fingerprint density at radius 2 is 2.28 bits per heavy atom. The molecule has 0 bridgehead atoms. The molecule has 0 N–H and O–H groups in total. The largest absolute Gasteiger partial charge is 0.376 e. The van der Waals surface area contributed by atoms with E-state index in [1.54, 1.807) is 11.9 Å². The number of halogens is 2. The van der Waals surface area contributed by atoms with E-state index in [0.717, 1.165) is 6.42 Å². The lowest BCUT2D eigenvalue weighted by Crippen LogP contribution is -2.41. The Kier molecular flexibility index (Phi) is 4.21. The van der Waals surface area contributed by atoms with Crippen LogP contribution >= 0.6 is 22.6 Å². The van der Waals surface area contributed by atoms with Crippen LogP contribution in [0.1, 0.15) is 23.7 Å². The summed E-state index contributed by atoms with van der Waals surface area (Å²) in [4.78, 5) is 14.1. The maximum absolute atomic E-state index is 13.0. The van der Waals surface area contributed by atoms with E-state index in [2.05, 4.69) is 0 Å². The molecule has 5 heteroatoms.